The number of aryl methyl sites for hydroxylation is 1. The fraction of sp³-hybridized carbons (Fsp3) is 0.536. The third kappa shape index (κ3) is 7.15. The van der Waals surface area contributed by atoms with Crippen molar-refractivity contribution in [2.24, 2.45) is 11.8 Å². The van der Waals surface area contributed by atoms with Crippen LogP contribution in [0, 0.1) is 11.8 Å². The number of nitrogens with one attached hydrogen (secondary N) is 3. The molecule has 1 aromatic carbocycles. The van der Waals surface area contributed by atoms with Crippen LogP contribution < -0.4 is 21.9 Å². The number of amides is 2. The number of ether oxygens (including phenoxy) is 1. The number of hydrogen-bond donors (Lipinski definition) is 3. The van der Waals surface area contributed by atoms with Crippen molar-refractivity contribution >= 4 is 23.2 Å². The predicted molar refractivity (Wildman–Crippen MR) is 147 cm³/mol. The summed E-state index contributed by atoms with van der Waals surface area (Å²) in [4.78, 5) is 56.0. The number of benzene rings is 1. The predicted octanol–water partition coefficient (Wildman–Crippen LogP) is 2.90. The minimum absolute atomic E-state index is 0.0282. The number of H-pyrrole nitrogens is 1. The van der Waals surface area contributed by atoms with Crippen LogP contribution >= 0.6 is 0 Å². The molecule has 2 amide bonds. The molecular weight excluding hydrogens is 500 g/mol. The largest absolute Gasteiger partial charge is 0.444 e. The van der Waals surface area contributed by atoms with E-state index in [9.17, 15) is 19.2 Å². The minimum Gasteiger partial charge on any atom is -0.444 e. The smallest absolute Gasteiger partial charge is 0.407 e. The van der Waals surface area contributed by atoms with E-state index < -0.39 is 22.9 Å². The number of imidazole rings is 1. The first-order valence-electron chi connectivity index (χ1n) is 13.5. The molecule has 0 aliphatic heterocycles. The highest BCUT2D eigenvalue weighted by Gasteiger charge is 2.27. The number of aromatic amines is 1. The van der Waals surface area contributed by atoms with Gasteiger partial charge in [-0.05, 0) is 70.4 Å². The van der Waals surface area contributed by atoms with Gasteiger partial charge < -0.3 is 19.9 Å². The van der Waals surface area contributed by atoms with Gasteiger partial charge in [-0.2, -0.15) is 0 Å². The van der Waals surface area contributed by atoms with Crippen LogP contribution in [0.25, 0.3) is 11.2 Å². The van der Waals surface area contributed by atoms with E-state index >= 15 is 0 Å². The number of carbonyl (C=O) groups excluding carboxylic acids is 2. The van der Waals surface area contributed by atoms with E-state index in [4.69, 9.17) is 4.74 Å². The summed E-state index contributed by atoms with van der Waals surface area (Å²) in [7, 11) is 0. The molecule has 0 bridgehead atoms. The average Bonchev–Trinajstić information content (AvgIpc) is 3.33. The Morgan fingerprint density at radius 1 is 1.05 bits per heavy atom. The van der Waals surface area contributed by atoms with Gasteiger partial charge in [0.1, 0.15) is 5.60 Å². The fourth-order valence-corrected chi connectivity index (χ4v) is 4.96. The van der Waals surface area contributed by atoms with Crippen molar-refractivity contribution < 1.29 is 14.3 Å². The molecule has 2 heterocycles. The van der Waals surface area contributed by atoms with E-state index in [1.807, 2.05) is 52.0 Å². The first-order valence-corrected chi connectivity index (χ1v) is 13.5. The van der Waals surface area contributed by atoms with E-state index in [2.05, 4.69) is 20.6 Å². The normalized spacial score (nSPS) is 17.6. The molecule has 0 saturated heterocycles. The third-order valence-electron chi connectivity index (χ3n) is 7.08. The van der Waals surface area contributed by atoms with Gasteiger partial charge >= 0.3 is 11.8 Å². The topological polar surface area (TPSA) is 140 Å². The molecule has 1 fully saturated rings. The van der Waals surface area contributed by atoms with Crippen LogP contribution in [0.5, 0.6) is 0 Å². The molecule has 1 saturated carbocycles. The molecule has 11 heteroatoms. The number of nitrogens with zero attached hydrogens (tertiary/aromatic N) is 3. The molecule has 0 unspecified atom stereocenters. The van der Waals surface area contributed by atoms with E-state index in [1.165, 1.54) is 4.57 Å². The second-order valence-corrected chi connectivity index (χ2v) is 11.2. The Morgan fingerprint density at radius 3 is 2.36 bits per heavy atom. The van der Waals surface area contributed by atoms with Gasteiger partial charge in [-0.25, -0.2) is 14.6 Å². The van der Waals surface area contributed by atoms with E-state index in [-0.39, 0.29) is 18.4 Å². The van der Waals surface area contributed by atoms with Gasteiger partial charge in [0, 0.05) is 25.6 Å². The number of hydrogen-bond acceptors (Lipinski definition) is 6. The summed E-state index contributed by atoms with van der Waals surface area (Å²) < 4.78 is 8.45. The Hall–Kier alpha value is -3.89. The highest BCUT2D eigenvalue weighted by molar-refractivity contribution is 5.78. The zero-order valence-corrected chi connectivity index (χ0v) is 23.1. The summed E-state index contributed by atoms with van der Waals surface area (Å²) in [5, 5.41) is 5.88. The van der Waals surface area contributed by atoms with Gasteiger partial charge in [-0.1, -0.05) is 24.3 Å². The molecule has 2 aromatic heterocycles. The lowest BCUT2D eigenvalue weighted by atomic mass is 9.81. The zero-order chi connectivity index (χ0) is 28.2. The second kappa shape index (κ2) is 11.9. The van der Waals surface area contributed by atoms with Crippen molar-refractivity contribution in [2.75, 3.05) is 6.54 Å². The molecule has 3 N–H and O–H groups in total. The average molecular weight is 539 g/mol. The molecule has 11 nitrogen and oxygen atoms in total. The van der Waals surface area contributed by atoms with Crippen LogP contribution in [0.2, 0.25) is 0 Å². The number of fused-ring (bicyclic) bond motifs is 1. The summed E-state index contributed by atoms with van der Waals surface area (Å²) >= 11 is 0. The summed E-state index contributed by atoms with van der Waals surface area (Å²) in [5.41, 5.74) is 1.11. The van der Waals surface area contributed by atoms with Crippen molar-refractivity contribution in [3.8, 4) is 0 Å². The highest BCUT2D eigenvalue weighted by atomic mass is 16.6. The minimum atomic E-state index is -0.519. The number of aromatic nitrogens is 4. The molecule has 0 spiro atoms. The number of rotatable bonds is 8. The molecule has 210 valence electrons. The zero-order valence-electron chi connectivity index (χ0n) is 23.1. The lowest BCUT2D eigenvalue weighted by molar-refractivity contribution is -0.126. The summed E-state index contributed by atoms with van der Waals surface area (Å²) in [6.07, 6.45) is 4.52. The quantitative estimate of drug-likeness (QED) is 0.403. The van der Waals surface area contributed by atoms with Crippen molar-refractivity contribution in [3.05, 3.63) is 62.6 Å². The summed E-state index contributed by atoms with van der Waals surface area (Å²) in [5.74, 6) is 0.367. The van der Waals surface area contributed by atoms with Crippen LogP contribution in [0.15, 0.2) is 40.2 Å². The van der Waals surface area contributed by atoms with Gasteiger partial charge in [0.2, 0.25) is 5.91 Å². The van der Waals surface area contributed by atoms with E-state index in [0.29, 0.717) is 36.7 Å². The van der Waals surface area contributed by atoms with Crippen LogP contribution in [0.1, 0.15) is 64.5 Å². The Balaban J connectivity index is 1.26. The first-order chi connectivity index (χ1) is 18.5. The fourth-order valence-electron chi connectivity index (χ4n) is 4.96. The van der Waals surface area contributed by atoms with Gasteiger partial charge in [0.05, 0.1) is 12.9 Å². The summed E-state index contributed by atoms with van der Waals surface area (Å²) in [6.45, 7) is 9.24. The molecule has 0 radical (unpaired) electrons. The van der Waals surface area contributed by atoms with E-state index in [1.54, 1.807) is 10.9 Å². The van der Waals surface area contributed by atoms with E-state index in [0.717, 1.165) is 36.8 Å². The molecule has 39 heavy (non-hydrogen) atoms. The van der Waals surface area contributed by atoms with Gasteiger partial charge in [0.15, 0.2) is 11.2 Å². The van der Waals surface area contributed by atoms with Gasteiger partial charge in [-0.15, -0.1) is 0 Å². The summed E-state index contributed by atoms with van der Waals surface area (Å²) in [6, 6.07) is 7.66. The van der Waals surface area contributed by atoms with Crippen molar-refractivity contribution in [1.82, 2.24) is 29.7 Å². The number of alkyl carbamates (subject to hydrolysis) is 1. The molecule has 1 aliphatic carbocycles. The SMILES string of the molecule is CCn1cnc2c1c(=O)[nH]c(=O)n2Cc1ccc(CNC(=O)[C@H]2CC[C@H](CNC(=O)OC(C)(C)C)CC2)cc1. The maximum Gasteiger partial charge on any atom is 0.407 e. The molecule has 3 aromatic rings. The Labute approximate surface area is 227 Å². The molecule has 1 aliphatic rings. The van der Waals surface area contributed by atoms with Crippen molar-refractivity contribution in [1.29, 1.82) is 0 Å². The van der Waals surface area contributed by atoms with Crippen LogP contribution in [-0.4, -0.2) is 43.2 Å². The molecule has 4 rings (SSSR count). The Morgan fingerprint density at radius 2 is 1.72 bits per heavy atom. The highest BCUT2D eigenvalue weighted by Crippen LogP contribution is 2.28. The maximum atomic E-state index is 12.7. The van der Waals surface area contributed by atoms with Crippen molar-refractivity contribution in [3.63, 3.8) is 0 Å². The standard InChI is InChI=1S/C28H38N6O5/c1-5-33-17-31-23-22(33)25(36)32-26(37)34(23)16-20-8-6-18(7-9-20)14-29-24(35)21-12-10-19(11-13-21)15-30-27(38)39-28(2,3)4/h6-9,17,19,21H,5,10-16H2,1-4H3,(H,29,35)(H,30,38)(H,32,36,37)/t19-,21-. The van der Waals surface area contributed by atoms with Crippen molar-refractivity contribution in [2.45, 2.75) is 78.6 Å². The lowest BCUT2D eigenvalue weighted by Crippen LogP contribution is -2.38. The van der Waals surface area contributed by atoms with Crippen LogP contribution in [-0.2, 0) is 29.2 Å². The molecular formula is C28H38N6O5. The van der Waals surface area contributed by atoms with Gasteiger partial charge in [0.25, 0.3) is 5.56 Å². The molecule has 0 atom stereocenters. The van der Waals surface area contributed by atoms with Crippen LogP contribution in [0.3, 0.4) is 0 Å². The second-order valence-electron chi connectivity index (χ2n) is 11.2. The van der Waals surface area contributed by atoms with Crippen LogP contribution in [0.4, 0.5) is 4.79 Å². The first kappa shape index (κ1) is 28.1. The monoisotopic (exact) mass is 538 g/mol. The Bertz CT molecular complexity index is 1420. The Kier molecular flexibility index (Phi) is 8.57. The lowest BCUT2D eigenvalue weighted by Gasteiger charge is -2.28. The third-order valence-corrected chi connectivity index (χ3v) is 7.08. The number of carbonyl (C=O) groups is 2. The maximum absolute atomic E-state index is 12.7. The van der Waals surface area contributed by atoms with Gasteiger partial charge in [-0.3, -0.25) is 19.1 Å².